The monoisotopic (exact) mass is 509 g/mol. The summed E-state index contributed by atoms with van der Waals surface area (Å²) in [4.78, 5) is 27.4. The molecule has 0 radical (unpaired) electrons. The Morgan fingerprint density at radius 3 is 2.79 bits per heavy atom. The molecule has 1 atom stereocenters. The summed E-state index contributed by atoms with van der Waals surface area (Å²) in [6.07, 6.45) is 5.25. The molecular formula is C28H31N9O. The fraction of sp³-hybridized carbons (Fsp3) is 0.321. The smallest absolute Gasteiger partial charge is 0.274 e. The average molecular weight is 510 g/mol. The normalized spacial score (nSPS) is 17.0. The second kappa shape index (κ2) is 9.96. The standard InChI is InChI=1S/C28H31N9O/c1-17(2)37-8-7-36(15-18(37)3)16-22-5-4-6-24(32-22)28(38)33-25-10-19(11-26-23(25)14-31-34-26)20-9-21-13-30-35-27(21)29-12-20/h4-6,9-14,17-18H,7-8,15-16H2,1-3H3,(H,31,34)(H,33,38)(H,29,30,35). The molecule has 0 saturated carbocycles. The minimum atomic E-state index is -0.257. The van der Waals surface area contributed by atoms with Gasteiger partial charge < -0.3 is 5.32 Å². The van der Waals surface area contributed by atoms with Gasteiger partial charge in [-0.3, -0.25) is 24.8 Å². The molecule has 10 heteroatoms. The zero-order valence-electron chi connectivity index (χ0n) is 21.8. The predicted molar refractivity (Wildman–Crippen MR) is 148 cm³/mol. The zero-order valence-corrected chi connectivity index (χ0v) is 21.8. The van der Waals surface area contributed by atoms with Crippen molar-refractivity contribution >= 4 is 33.5 Å². The summed E-state index contributed by atoms with van der Waals surface area (Å²) in [7, 11) is 0. The summed E-state index contributed by atoms with van der Waals surface area (Å²) in [5, 5.41) is 18.9. The van der Waals surface area contributed by atoms with Gasteiger partial charge in [0.25, 0.3) is 5.91 Å². The highest BCUT2D eigenvalue weighted by molar-refractivity contribution is 6.08. The molecule has 38 heavy (non-hydrogen) atoms. The summed E-state index contributed by atoms with van der Waals surface area (Å²) in [6, 6.07) is 12.6. The maximum atomic E-state index is 13.3. The molecule has 4 aromatic heterocycles. The van der Waals surface area contributed by atoms with Crippen LogP contribution in [0.3, 0.4) is 0 Å². The van der Waals surface area contributed by atoms with Gasteiger partial charge in [0, 0.05) is 60.8 Å². The van der Waals surface area contributed by atoms with Gasteiger partial charge in [-0.25, -0.2) is 9.97 Å². The molecule has 0 aliphatic carbocycles. The summed E-state index contributed by atoms with van der Waals surface area (Å²) in [5.41, 5.74) is 5.31. The second-order valence-corrected chi connectivity index (χ2v) is 10.3. The molecule has 1 amide bonds. The topological polar surface area (TPSA) is 119 Å². The molecule has 1 saturated heterocycles. The van der Waals surface area contributed by atoms with Crippen molar-refractivity contribution in [2.75, 3.05) is 25.0 Å². The number of H-pyrrole nitrogens is 2. The van der Waals surface area contributed by atoms with E-state index >= 15 is 0 Å². The maximum absolute atomic E-state index is 13.3. The predicted octanol–water partition coefficient (Wildman–Crippen LogP) is 4.06. The van der Waals surface area contributed by atoms with Crippen molar-refractivity contribution in [3.8, 4) is 11.1 Å². The van der Waals surface area contributed by atoms with Gasteiger partial charge in [-0.05, 0) is 56.7 Å². The fourth-order valence-corrected chi connectivity index (χ4v) is 5.38. The number of nitrogens with zero attached hydrogens (tertiary/aromatic N) is 6. The van der Waals surface area contributed by atoms with Crippen LogP contribution >= 0.6 is 0 Å². The highest BCUT2D eigenvalue weighted by Crippen LogP contribution is 2.31. The van der Waals surface area contributed by atoms with E-state index in [-0.39, 0.29) is 5.91 Å². The van der Waals surface area contributed by atoms with Gasteiger partial charge >= 0.3 is 0 Å². The van der Waals surface area contributed by atoms with Crippen LogP contribution in [-0.4, -0.2) is 77.8 Å². The first-order valence-corrected chi connectivity index (χ1v) is 13.0. The van der Waals surface area contributed by atoms with Gasteiger partial charge in [-0.1, -0.05) is 6.07 Å². The zero-order chi connectivity index (χ0) is 26.2. The largest absolute Gasteiger partial charge is 0.320 e. The molecule has 1 fully saturated rings. The molecule has 10 nitrogen and oxygen atoms in total. The number of nitrogens with one attached hydrogen (secondary N) is 3. The highest BCUT2D eigenvalue weighted by Gasteiger charge is 2.25. The van der Waals surface area contributed by atoms with Gasteiger partial charge in [0.2, 0.25) is 0 Å². The Balaban J connectivity index is 1.22. The van der Waals surface area contributed by atoms with E-state index in [1.54, 1.807) is 24.7 Å². The Labute approximate surface area is 220 Å². The van der Waals surface area contributed by atoms with E-state index in [1.807, 2.05) is 30.3 Å². The van der Waals surface area contributed by atoms with Crippen molar-refractivity contribution in [3.05, 3.63) is 66.4 Å². The van der Waals surface area contributed by atoms with Crippen LogP contribution in [0.25, 0.3) is 33.1 Å². The van der Waals surface area contributed by atoms with Crippen LogP contribution in [0.4, 0.5) is 5.69 Å². The van der Waals surface area contributed by atoms with Crippen molar-refractivity contribution in [1.29, 1.82) is 0 Å². The number of rotatable bonds is 6. The molecule has 1 aromatic carbocycles. The van der Waals surface area contributed by atoms with Gasteiger partial charge in [-0.15, -0.1) is 0 Å². The molecule has 5 aromatic rings. The number of aromatic nitrogens is 6. The highest BCUT2D eigenvalue weighted by atomic mass is 16.1. The number of aromatic amines is 2. The van der Waals surface area contributed by atoms with Crippen LogP contribution < -0.4 is 5.32 Å². The SMILES string of the molecule is CC(C)N1CCN(Cc2cccc(C(=O)Nc3cc(-c4cnc5[nH]ncc5c4)cc4[nH]ncc34)n2)CC1C. The lowest BCUT2D eigenvalue weighted by molar-refractivity contribution is 0.0558. The quantitative estimate of drug-likeness (QED) is 0.316. The molecule has 1 aliphatic heterocycles. The van der Waals surface area contributed by atoms with E-state index in [0.717, 1.165) is 64.9 Å². The number of amides is 1. The first kappa shape index (κ1) is 24.2. The molecule has 0 bridgehead atoms. The van der Waals surface area contributed by atoms with Crippen LogP contribution in [0.5, 0.6) is 0 Å². The average Bonchev–Trinajstić information content (AvgIpc) is 3.58. The van der Waals surface area contributed by atoms with E-state index in [9.17, 15) is 4.79 Å². The lowest BCUT2D eigenvalue weighted by atomic mass is 10.0. The van der Waals surface area contributed by atoms with Crippen molar-refractivity contribution < 1.29 is 4.79 Å². The Morgan fingerprint density at radius 1 is 1.08 bits per heavy atom. The number of fused-ring (bicyclic) bond motifs is 2. The number of benzene rings is 1. The fourth-order valence-electron chi connectivity index (χ4n) is 5.38. The number of pyridine rings is 2. The molecule has 194 valence electrons. The Hall–Kier alpha value is -4.15. The van der Waals surface area contributed by atoms with Crippen LogP contribution in [0, 0.1) is 0 Å². The van der Waals surface area contributed by atoms with E-state index in [2.05, 4.69) is 61.3 Å². The Morgan fingerprint density at radius 2 is 1.95 bits per heavy atom. The number of anilines is 1. The van der Waals surface area contributed by atoms with Gasteiger partial charge in [-0.2, -0.15) is 10.2 Å². The summed E-state index contributed by atoms with van der Waals surface area (Å²) >= 11 is 0. The third-order valence-corrected chi connectivity index (χ3v) is 7.28. The summed E-state index contributed by atoms with van der Waals surface area (Å²) in [6.45, 7) is 10.5. The molecular weight excluding hydrogens is 478 g/mol. The maximum Gasteiger partial charge on any atom is 0.274 e. The molecule has 1 aliphatic rings. The van der Waals surface area contributed by atoms with Crippen molar-refractivity contribution in [2.24, 2.45) is 0 Å². The Kier molecular flexibility index (Phi) is 6.34. The number of hydrogen-bond acceptors (Lipinski definition) is 7. The minimum Gasteiger partial charge on any atom is -0.320 e. The van der Waals surface area contributed by atoms with Crippen LogP contribution in [0.1, 0.15) is 37.0 Å². The van der Waals surface area contributed by atoms with E-state index < -0.39 is 0 Å². The van der Waals surface area contributed by atoms with E-state index in [4.69, 9.17) is 4.98 Å². The molecule has 5 heterocycles. The van der Waals surface area contributed by atoms with Crippen LogP contribution in [-0.2, 0) is 6.54 Å². The third-order valence-electron chi connectivity index (χ3n) is 7.28. The van der Waals surface area contributed by atoms with E-state index in [0.29, 0.717) is 23.5 Å². The second-order valence-electron chi connectivity index (χ2n) is 10.3. The van der Waals surface area contributed by atoms with Crippen LogP contribution in [0.15, 0.2) is 55.0 Å². The van der Waals surface area contributed by atoms with Crippen molar-refractivity contribution in [1.82, 2.24) is 40.2 Å². The summed E-state index contributed by atoms with van der Waals surface area (Å²) < 4.78 is 0. The number of hydrogen-bond donors (Lipinski definition) is 3. The van der Waals surface area contributed by atoms with Gasteiger partial charge in [0.1, 0.15) is 5.69 Å². The number of carbonyl (C=O) groups is 1. The van der Waals surface area contributed by atoms with E-state index in [1.165, 1.54) is 0 Å². The lowest BCUT2D eigenvalue weighted by Crippen LogP contribution is -2.53. The van der Waals surface area contributed by atoms with Gasteiger partial charge in [0.15, 0.2) is 5.65 Å². The van der Waals surface area contributed by atoms with Crippen molar-refractivity contribution in [2.45, 2.75) is 39.4 Å². The first-order valence-electron chi connectivity index (χ1n) is 13.0. The molecule has 3 N–H and O–H groups in total. The minimum absolute atomic E-state index is 0.257. The first-order chi connectivity index (χ1) is 18.4. The number of piperazine rings is 1. The lowest BCUT2D eigenvalue weighted by Gasteiger charge is -2.42. The molecule has 0 spiro atoms. The van der Waals surface area contributed by atoms with Gasteiger partial charge in [0.05, 0.1) is 29.3 Å². The number of carbonyl (C=O) groups excluding carboxylic acids is 1. The molecule has 6 rings (SSSR count). The third kappa shape index (κ3) is 4.75. The van der Waals surface area contributed by atoms with Crippen molar-refractivity contribution in [3.63, 3.8) is 0 Å². The Bertz CT molecular complexity index is 1600. The molecule has 1 unspecified atom stereocenters. The van der Waals surface area contributed by atoms with Crippen LogP contribution in [0.2, 0.25) is 0 Å². The summed E-state index contributed by atoms with van der Waals surface area (Å²) in [5.74, 6) is -0.257.